The normalized spacial score (nSPS) is 58.4. The van der Waals surface area contributed by atoms with Crippen LogP contribution in [0.2, 0.25) is 0 Å². The summed E-state index contributed by atoms with van der Waals surface area (Å²) in [6.07, 6.45) is 10.7. The molecular formula is C25H32O6. The van der Waals surface area contributed by atoms with Crippen LogP contribution in [0.5, 0.6) is 0 Å². The highest BCUT2D eigenvalue weighted by Gasteiger charge is 2.81. The van der Waals surface area contributed by atoms with E-state index in [0.29, 0.717) is 41.7 Å². The van der Waals surface area contributed by atoms with Crippen LogP contribution >= 0.6 is 0 Å². The van der Waals surface area contributed by atoms with Crippen molar-refractivity contribution >= 4 is 12.4 Å². The van der Waals surface area contributed by atoms with Gasteiger partial charge in [-0.3, -0.25) is 4.79 Å². The smallest absolute Gasteiger partial charge is 0.333 e. The molecule has 4 aliphatic carbocycles. The Kier molecular flexibility index (Phi) is 3.66. The van der Waals surface area contributed by atoms with Crippen LogP contribution in [0.25, 0.3) is 0 Å². The largest absolute Gasteiger partial charge is 0.465 e. The Bertz CT molecular complexity index is 883. The van der Waals surface area contributed by atoms with E-state index in [1.165, 1.54) is 24.8 Å². The molecule has 9 unspecified atom stereocenters. The molecule has 7 aliphatic rings. The third-order valence-corrected chi connectivity index (χ3v) is 11.0. The van der Waals surface area contributed by atoms with E-state index in [1.54, 1.807) is 6.08 Å². The topological polar surface area (TPSA) is 77.7 Å². The second kappa shape index (κ2) is 5.93. The van der Waals surface area contributed by atoms with Gasteiger partial charge in [0.05, 0.1) is 6.10 Å². The number of ether oxygens (including phenoxy) is 4. The molecule has 11 atom stereocenters. The average Bonchev–Trinajstić information content (AvgIpc) is 3.64. The van der Waals surface area contributed by atoms with Crippen LogP contribution in [0.15, 0.2) is 11.6 Å². The van der Waals surface area contributed by atoms with E-state index in [4.69, 9.17) is 18.9 Å². The van der Waals surface area contributed by atoms with Crippen molar-refractivity contribution < 1.29 is 28.5 Å². The van der Waals surface area contributed by atoms with Crippen LogP contribution in [0.4, 0.5) is 0 Å². The Morgan fingerprint density at radius 3 is 2.81 bits per heavy atom. The van der Waals surface area contributed by atoms with Crippen molar-refractivity contribution in [1.29, 1.82) is 0 Å². The van der Waals surface area contributed by atoms with E-state index in [9.17, 15) is 9.59 Å². The Morgan fingerprint density at radius 1 is 1.10 bits per heavy atom. The molecule has 0 aromatic heterocycles. The van der Waals surface area contributed by atoms with Gasteiger partial charge in [0.15, 0.2) is 0 Å². The second-order valence-electron chi connectivity index (χ2n) is 11.8. The zero-order chi connectivity index (χ0) is 21.2. The summed E-state index contributed by atoms with van der Waals surface area (Å²) in [5.41, 5.74) is 1.52. The van der Waals surface area contributed by atoms with E-state index in [1.807, 2.05) is 0 Å². The van der Waals surface area contributed by atoms with Crippen molar-refractivity contribution in [3.63, 3.8) is 0 Å². The van der Waals surface area contributed by atoms with Crippen LogP contribution in [0.1, 0.15) is 65.2 Å². The molecule has 0 radical (unpaired) electrons. The number of fused-ring (bicyclic) bond motifs is 4. The maximum atomic E-state index is 12.1. The van der Waals surface area contributed by atoms with Crippen LogP contribution in [0, 0.1) is 34.5 Å². The van der Waals surface area contributed by atoms with Gasteiger partial charge in [0.2, 0.25) is 6.29 Å². The van der Waals surface area contributed by atoms with Crippen molar-refractivity contribution in [3.05, 3.63) is 11.6 Å². The van der Waals surface area contributed by atoms with Crippen molar-refractivity contribution in [1.82, 2.24) is 0 Å². The molecule has 6 nitrogen and oxygen atoms in total. The molecule has 0 aromatic carbocycles. The van der Waals surface area contributed by atoms with Crippen LogP contribution in [0.3, 0.4) is 0 Å². The summed E-state index contributed by atoms with van der Waals surface area (Å²) in [5, 5.41) is 0. The summed E-state index contributed by atoms with van der Waals surface area (Å²) >= 11 is 0. The van der Waals surface area contributed by atoms with Crippen molar-refractivity contribution in [2.75, 3.05) is 0 Å². The van der Waals surface area contributed by atoms with Gasteiger partial charge < -0.3 is 18.9 Å². The quantitative estimate of drug-likeness (QED) is 0.389. The predicted molar refractivity (Wildman–Crippen MR) is 108 cm³/mol. The molecule has 4 saturated carbocycles. The van der Waals surface area contributed by atoms with Gasteiger partial charge >= 0.3 is 5.97 Å². The van der Waals surface area contributed by atoms with Crippen LogP contribution < -0.4 is 0 Å². The van der Waals surface area contributed by atoms with Gasteiger partial charge in [-0.2, -0.15) is 0 Å². The first-order valence-electron chi connectivity index (χ1n) is 12.3. The van der Waals surface area contributed by atoms with Crippen molar-refractivity contribution in [3.8, 4) is 0 Å². The number of carbonyl (C=O) groups excluding carboxylic acids is 2. The molecule has 6 heteroatoms. The highest BCUT2D eigenvalue weighted by Crippen LogP contribution is 2.77. The lowest BCUT2D eigenvalue weighted by atomic mass is 9.44. The molecule has 7 rings (SSSR count). The number of rotatable bonds is 3. The lowest BCUT2D eigenvalue weighted by Crippen LogP contribution is -2.58. The Labute approximate surface area is 183 Å². The van der Waals surface area contributed by atoms with Gasteiger partial charge in [0.1, 0.15) is 17.8 Å². The van der Waals surface area contributed by atoms with Gasteiger partial charge in [-0.15, -0.1) is 0 Å². The minimum atomic E-state index is -0.348. The number of hydrogen-bond donors (Lipinski definition) is 0. The van der Waals surface area contributed by atoms with Gasteiger partial charge in [0.25, 0.3) is 6.47 Å². The molecule has 0 amide bonds. The number of epoxide rings is 2. The summed E-state index contributed by atoms with van der Waals surface area (Å²) in [4.78, 5) is 23.0. The highest BCUT2D eigenvalue weighted by atomic mass is 16.8. The third-order valence-electron chi connectivity index (χ3n) is 11.0. The van der Waals surface area contributed by atoms with E-state index in [0.717, 1.165) is 32.1 Å². The first-order valence-corrected chi connectivity index (χ1v) is 12.3. The van der Waals surface area contributed by atoms with Gasteiger partial charge in [-0.25, -0.2) is 4.79 Å². The number of carbonyl (C=O) groups is 2. The molecule has 0 bridgehead atoms. The van der Waals surface area contributed by atoms with Crippen LogP contribution in [-0.4, -0.2) is 42.6 Å². The molecule has 0 N–H and O–H groups in total. The monoisotopic (exact) mass is 428 g/mol. The van der Waals surface area contributed by atoms with Gasteiger partial charge in [0, 0.05) is 11.5 Å². The van der Waals surface area contributed by atoms with Gasteiger partial charge in [-0.1, -0.05) is 13.8 Å². The molecule has 3 heterocycles. The summed E-state index contributed by atoms with van der Waals surface area (Å²) in [6, 6.07) is 0. The fraction of sp³-hybridized carbons (Fsp3) is 0.840. The van der Waals surface area contributed by atoms with E-state index in [-0.39, 0.29) is 35.5 Å². The lowest BCUT2D eigenvalue weighted by Gasteiger charge is -2.61. The van der Waals surface area contributed by atoms with Gasteiger partial charge in [-0.05, 0) is 86.0 Å². The minimum absolute atomic E-state index is 0.0202. The standard InChI is InChI=1S/C25H32O6/c1-23-7-5-14(28-12-26)9-13(23)3-4-17-16(23)6-8-24(2)18(11-19-25(17,24)31-19)15-10-20(27)29-22-21(15)30-22/h10,12-14,16-19,21-22H,3-9,11H2,1-2H3/t13?,14?,16?,17?,18?,19-,21?,22?,23?,24?,25-/m1/s1. The molecule has 2 saturated heterocycles. The number of esters is 1. The second-order valence-corrected chi connectivity index (χ2v) is 11.8. The summed E-state index contributed by atoms with van der Waals surface area (Å²) in [7, 11) is 0. The molecule has 3 aliphatic heterocycles. The third kappa shape index (κ3) is 2.26. The molecule has 168 valence electrons. The first-order chi connectivity index (χ1) is 14.9. The molecule has 0 aromatic rings. The van der Waals surface area contributed by atoms with E-state index >= 15 is 0 Å². The lowest BCUT2D eigenvalue weighted by molar-refractivity contribution is -0.156. The van der Waals surface area contributed by atoms with Crippen molar-refractivity contribution in [2.45, 2.75) is 95.4 Å². The number of hydrogen-bond acceptors (Lipinski definition) is 6. The average molecular weight is 429 g/mol. The van der Waals surface area contributed by atoms with Crippen LogP contribution in [-0.2, 0) is 28.5 Å². The Hall–Kier alpha value is -1.40. The molecular weight excluding hydrogens is 396 g/mol. The Balaban J connectivity index is 1.19. The Morgan fingerprint density at radius 2 is 1.97 bits per heavy atom. The highest BCUT2D eigenvalue weighted by molar-refractivity contribution is 5.85. The predicted octanol–water partition coefficient (Wildman–Crippen LogP) is 3.53. The van der Waals surface area contributed by atoms with E-state index in [2.05, 4.69) is 13.8 Å². The molecule has 6 fully saturated rings. The summed E-state index contributed by atoms with van der Waals surface area (Å²) in [5.74, 6) is 2.02. The maximum Gasteiger partial charge on any atom is 0.333 e. The van der Waals surface area contributed by atoms with Crippen molar-refractivity contribution in [2.24, 2.45) is 34.5 Å². The summed E-state index contributed by atoms with van der Waals surface area (Å²) in [6.45, 7) is 5.58. The zero-order valence-corrected chi connectivity index (χ0v) is 18.4. The zero-order valence-electron chi connectivity index (χ0n) is 18.4. The molecule has 1 spiro atoms. The van der Waals surface area contributed by atoms with E-state index < -0.39 is 0 Å². The maximum absolute atomic E-state index is 12.1. The molecule has 31 heavy (non-hydrogen) atoms. The fourth-order valence-corrected chi connectivity index (χ4v) is 9.45. The SMILES string of the molecule is CC12CCC(OC=O)CC1CCC1C2CCC2(C)C(C3=CC(=O)OC4OC34)C[C@H]3O[C@]132. The fourth-order valence-electron chi connectivity index (χ4n) is 9.45. The minimum Gasteiger partial charge on any atom is -0.465 e. The summed E-state index contributed by atoms with van der Waals surface area (Å²) < 4.78 is 22.9. The first kappa shape index (κ1) is 19.1.